The molecule has 0 spiro atoms. The van der Waals surface area contributed by atoms with Crippen molar-refractivity contribution in [3.8, 4) is 6.07 Å². The number of hydrogen-bond donors (Lipinski definition) is 0. The Hall–Kier alpha value is -2.26. The predicted molar refractivity (Wildman–Crippen MR) is 79.2 cm³/mol. The smallest absolute Gasteiger partial charge is 0.267 e. The first kappa shape index (κ1) is 13.7. The number of dihydropyridines is 1. The zero-order valence-electron chi connectivity index (χ0n) is 11.5. The second-order valence-corrected chi connectivity index (χ2v) is 6.07. The van der Waals surface area contributed by atoms with Crippen molar-refractivity contribution in [2.45, 2.75) is 13.3 Å². The molecule has 0 saturated carbocycles. The van der Waals surface area contributed by atoms with Crippen LogP contribution in [0.3, 0.4) is 0 Å². The van der Waals surface area contributed by atoms with Gasteiger partial charge in [-0.25, -0.2) is 4.99 Å². The molecule has 2 aliphatic rings. The molecule has 1 atom stereocenters. The van der Waals surface area contributed by atoms with E-state index in [2.05, 4.69) is 4.99 Å². The summed E-state index contributed by atoms with van der Waals surface area (Å²) < 4.78 is 0. The second-order valence-electron chi connectivity index (χ2n) is 5.16. The van der Waals surface area contributed by atoms with E-state index >= 15 is 0 Å². The Bertz CT molecular complexity index is 724. The van der Waals surface area contributed by atoms with E-state index in [4.69, 9.17) is 5.26 Å². The van der Waals surface area contributed by atoms with Crippen LogP contribution in [0.2, 0.25) is 0 Å². The first-order valence-corrected chi connectivity index (χ1v) is 7.53. The lowest BCUT2D eigenvalue weighted by Crippen LogP contribution is -2.41. The van der Waals surface area contributed by atoms with Gasteiger partial charge < -0.3 is 4.90 Å². The number of carbonyl (C=O) groups is 2. The summed E-state index contributed by atoms with van der Waals surface area (Å²) in [5.41, 5.74) is 2.63. The van der Waals surface area contributed by atoms with Crippen LogP contribution in [0.5, 0.6) is 0 Å². The van der Waals surface area contributed by atoms with Crippen molar-refractivity contribution in [3.05, 3.63) is 33.5 Å². The van der Waals surface area contributed by atoms with Gasteiger partial charge in [-0.3, -0.25) is 9.59 Å². The van der Waals surface area contributed by atoms with Crippen molar-refractivity contribution < 1.29 is 9.59 Å². The Balaban J connectivity index is 1.81. The third-order valence-corrected chi connectivity index (χ3v) is 4.63. The molecule has 1 saturated heterocycles. The van der Waals surface area contributed by atoms with Crippen LogP contribution >= 0.6 is 11.3 Å². The number of aliphatic imine (C=N–C) groups is 1. The van der Waals surface area contributed by atoms with E-state index in [-0.39, 0.29) is 5.91 Å². The maximum absolute atomic E-state index is 12.4. The molecule has 0 aliphatic carbocycles. The fourth-order valence-corrected chi connectivity index (χ4v) is 3.36. The van der Waals surface area contributed by atoms with Crippen LogP contribution < -0.4 is 0 Å². The summed E-state index contributed by atoms with van der Waals surface area (Å²) in [6.45, 7) is 2.93. The number of likely N-dealkylation sites (tertiary alicyclic amines) is 1. The third kappa shape index (κ3) is 2.52. The van der Waals surface area contributed by atoms with Gasteiger partial charge in [0.2, 0.25) is 0 Å². The summed E-state index contributed by atoms with van der Waals surface area (Å²) in [7, 11) is 0. The molecule has 1 fully saturated rings. The van der Waals surface area contributed by atoms with Gasteiger partial charge in [-0.15, -0.1) is 11.3 Å². The molecule has 6 heteroatoms. The maximum atomic E-state index is 12.4. The summed E-state index contributed by atoms with van der Waals surface area (Å²) in [6, 6.07) is 3.81. The lowest BCUT2D eigenvalue weighted by atomic mass is 9.94. The first-order valence-electron chi connectivity index (χ1n) is 6.65. The summed E-state index contributed by atoms with van der Waals surface area (Å²) >= 11 is 1.44. The van der Waals surface area contributed by atoms with E-state index in [0.29, 0.717) is 19.5 Å². The molecule has 21 heavy (non-hydrogen) atoms. The van der Waals surface area contributed by atoms with Crippen LogP contribution in [0.15, 0.2) is 28.1 Å². The number of rotatable bonds is 1. The molecule has 1 unspecified atom stereocenters. The second kappa shape index (κ2) is 5.26. The fraction of sp³-hybridized carbons (Fsp3) is 0.333. The third-order valence-electron chi connectivity index (χ3n) is 3.60. The van der Waals surface area contributed by atoms with Crippen LogP contribution in [-0.4, -0.2) is 35.5 Å². The molecule has 3 heterocycles. The molecule has 0 aromatic carbocycles. The quantitative estimate of drug-likeness (QED) is 0.795. The van der Waals surface area contributed by atoms with E-state index in [1.807, 2.05) is 24.4 Å². The van der Waals surface area contributed by atoms with Crippen LogP contribution in [0.1, 0.15) is 21.7 Å². The molecule has 0 bridgehead atoms. The number of piperidine rings is 1. The number of nitrogens with zero attached hydrogens (tertiary/aromatic N) is 3. The topological polar surface area (TPSA) is 73.5 Å². The summed E-state index contributed by atoms with van der Waals surface area (Å²) in [5, 5.41) is 10.9. The van der Waals surface area contributed by atoms with E-state index in [1.54, 1.807) is 11.0 Å². The molecule has 2 aliphatic heterocycles. The molecular weight excluding hydrogens is 286 g/mol. The van der Waals surface area contributed by atoms with Crippen molar-refractivity contribution in [1.82, 2.24) is 4.90 Å². The molecule has 106 valence electrons. The average Bonchev–Trinajstić information content (AvgIpc) is 2.92. The van der Waals surface area contributed by atoms with Gasteiger partial charge in [0.05, 0.1) is 16.7 Å². The van der Waals surface area contributed by atoms with Gasteiger partial charge in [0.15, 0.2) is 0 Å². The predicted octanol–water partition coefficient (Wildman–Crippen LogP) is 1.95. The van der Waals surface area contributed by atoms with Crippen LogP contribution in [-0.2, 0) is 4.79 Å². The molecule has 1 aromatic rings. The van der Waals surface area contributed by atoms with Gasteiger partial charge in [-0.1, -0.05) is 6.08 Å². The highest BCUT2D eigenvalue weighted by Gasteiger charge is 2.30. The highest BCUT2D eigenvalue weighted by atomic mass is 32.1. The minimum atomic E-state index is -0.817. The van der Waals surface area contributed by atoms with Gasteiger partial charge in [-0.05, 0) is 29.5 Å². The normalized spacial score (nSPS) is 21.2. The standard InChI is InChI=1S/C15H13N3O2S/c1-9-4-13(21-8-9)15(20)18-3-2-12-11(7-18)5-10(6-16)14(19)17-12/h4-5,8,10H,2-3,7H2,1H3. The summed E-state index contributed by atoms with van der Waals surface area (Å²) in [6.07, 6.45) is 2.20. The van der Waals surface area contributed by atoms with E-state index in [1.165, 1.54) is 11.3 Å². The van der Waals surface area contributed by atoms with Crippen molar-refractivity contribution in [1.29, 1.82) is 5.26 Å². The number of fused-ring (bicyclic) bond motifs is 1. The van der Waals surface area contributed by atoms with Gasteiger partial charge in [0, 0.05) is 19.5 Å². The van der Waals surface area contributed by atoms with E-state index in [0.717, 1.165) is 21.7 Å². The molecule has 1 aromatic heterocycles. The van der Waals surface area contributed by atoms with Crippen molar-refractivity contribution >= 4 is 28.9 Å². The molecule has 0 N–H and O–H groups in total. The number of nitriles is 1. The Kier molecular flexibility index (Phi) is 3.43. The monoisotopic (exact) mass is 299 g/mol. The Morgan fingerprint density at radius 3 is 3.05 bits per heavy atom. The molecule has 3 rings (SSSR count). The highest BCUT2D eigenvalue weighted by molar-refractivity contribution is 7.12. The number of amides is 2. The van der Waals surface area contributed by atoms with Crippen LogP contribution in [0.25, 0.3) is 0 Å². The lowest BCUT2D eigenvalue weighted by molar-refractivity contribution is -0.119. The number of hydrogen-bond acceptors (Lipinski definition) is 4. The Morgan fingerprint density at radius 1 is 1.57 bits per heavy atom. The zero-order valence-corrected chi connectivity index (χ0v) is 12.3. The molecule has 0 radical (unpaired) electrons. The highest BCUT2D eigenvalue weighted by Crippen LogP contribution is 2.24. The summed E-state index contributed by atoms with van der Waals surface area (Å²) in [5.74, 6) is -1.22. The van der Waals surface area contributed by atoms with Gasteiger partial charge in [0.1, 0.15) is 5.92 Å². The average molecular weight is 299 g/mol. The van der Waals surface area contributed by atoms with Crippen LogP contribution in [0, 0.1) is 24.2 Å². The number of carbonyl (C=O) groups excluding carboxylic acids is 2. The number of aryl methyl sites for hydroxylation is 1. The van der Waals surface area contributed by atoms with E-state index in [9.17, 15) is 9.59 Å². The van der Waals surface area contributed by atoms with Crippen molar-refractivity contribution in [2.24, 2.45) is 10.9 Å². The fourth-order valence-electron chi connectivity index (χ4n) is 2.49. The molecule has 2 amide bonds. The van der Waals surface area contributed by atoms with Crippen molar-refractivity contribution in [3.63, 3.8) is 0 Å². The van der Waals surface area contributed by atoms with Gasteiger partial charge in [0.25, 0.3) is 11.8 Å². The number of thiophene rings is 1. The Morgan fingerprint density at radius 2 is 2.38 bits per heavy atom. The maximum Gasteiger partial charge on any atom is 0.267 e. The molecular formula is C15H13N3O2S. The Labute approximate surface area is 126 Å². The largest absolute Gasteiger partial charge is 0.333 e. The minimum absolute atomic E-state index is 0.00143. The zero-order chi connectivity index (χ0) is 15.0. The van der Waals surface area contributed by atoms with E-state index < -0.39 is 11.8 Å². The first-order chi connectivity index (χ1) is 10.1. The van der Waals surface area contributed by atoms with Gasteiger partial charge in [-0.2, -0.15) is 5.26 Å². The van der Waals surface area contributed by atoms with Crippen molar-refractivity contribution in [2.75, 3.05) is 13.1 Å². The van der Waals surface area contributed by atoms with Crippen LogP contribution in [0.4, 0.5) is 0 Å². The SMILES string of the molecule is Cc1csc(C(=O)N2CCC3=NC(=O)C(C#N)C=C3C2)c1. The molecule has 5 nitrogen and oxygen atoms in total. The summed E-state index contributed by atoms with van der Waals surface area (Å²) in [4.78, 5) is 30.5. The minimum Gasteiger partial charge on any atom is -0.333 e. The lowest BCUT2D eigenvalue weighted by Gasteiger charge is -2.31. The van der Waals surface area contributed by atoms with Gasteiger partial charge >= 0.3 is 0 Å².